The first-order valence-corrected chi connectivity index (χ1v) is 18.0. The summed E-state index contributed by atoms with van der Waals surface area (Å²) in [5.41, 5.74) is 5.55. The van der Waals surface area contributed by atoms with E-state index >= 15 is 0 Å². The quantitative estimate of drug-likeness (QED) is 0.0702. The molecule has 0 atom stereocenters. The lowest BCUT2D eigenvalue weighted by Crippen LogP contribution is -2.17. The van der Waals surface area contributed by atoms with Gasteiger partial charge in [0.05, 0.1) is 52.0 Å². The highest BCUT2D eigenvalue weighted by atomic mass is 35.5. The van der Waals surface area contributed by atoms with Crippen LogP contribution in [-0.4, -0.2) is 76.0 Å². The number of aromatic amines is 1. The Morgan fingerprint density at radius 3 is 1.87 bits per heavy atom. The topological polar surface area (TPSA) is 101 Å². The maximum absolute atomic E-state index is 12.6. The van der Waals surface area contributed by atoms with Crippen molar-refractivity contribution in [1.82, 2.24) is 9.55 Å². The number of fused-ring (bicyclic) bond motifs is 2. The molecule has 0 spiro atoms. The molecule has 280 valence electrons. The number of rotatable bonds is 13. The van der Waals surface area contributed by atoms with Gasteiger partial charge in [-0.15, -0.1) is 0 Å². The number of ether oxygens (including phenoxy) is 5. The van der Waals surface area contributed by atoms with Crippen LogP contribution in [0.15, 0.2) is 85.2 Å². The van der Waals surface area contributed by atoms with E-state index in [0.717, 1.165) is 44.1 Å². The summed E-state index contributed by atoms with van der Waals surface area (Å²) in [6.45, 7) is 2.06. The standard InChI is InChI=1S/C19H16Cl3NO3.C14H8Cl3N.C5H10O4/c1-25-6-7-26-11-19(24)23-10-15(12-2-4-16(21)17(22)8-12)14-9-13(20)3-5-18(14)23;15-9-2-4-14-10(6-9)11(7-18-14)8-1-3-12(16)13(17)5-8;1-7-2-3-8-5-9-4-6/h2-5,8-10H,6-7,11H2,1H3;1-7,18H;4H,2-3,5H2,1H3. The Bertz CT molecular complexity index is 2140. The van der Waals surface area contributed by atoms with Crippen molar-refractivity contribution in [2.45, 2.75) is 0 Å². The molecule has 9 nitrogen and oxygen atoms in total. The van der Waals surface area contributed by atoms with Crippen molar-refractivity contribution in [3.05, 3.63) is 115 Å². The smallest absolute Gasteiger partial charge is 0.295 e. The van der Waals surface area contributed by atoms with Gasteiger partial charge in [-0.1, -0.05) is 81.7 Å². The summed E-state index contributed by atoms with van der Waals surface area (Å²) in [7, 11) is 3.15. The van der Waals surface area contributed by atoms with Gasteiger partial charge in [0.15, 0.2) is 6.79 Å². The van der Waals surface area contributed by atoms with Gasteiger partial charge in [0.25, 0.3) is 12.4 Å². The van der Waals surface area contributed by atoms with Crippen molar-refractivity contribution in [2.24, 2.45) is 0 Å². The third kappa shape index (κ3) is 12.1. The van der Waals surface area contributed by atoms with Crippen molar-refractivity contribution in [3.8, 4) is 22.3 Å². The molecule has 4 aromatic carbocycles. The average Bonchev–Trinajstić information content (AvgIpc) is 3.74. The highest BCUT2D eigenvalue weighted by Gasteiger charge is 2.16. The molecule has 0 aliphatic heterocycles. The van der Waals surface area contributed by atoms with Crippen LogP contribution >= 0.6 is 69.6 Å². The van der Waals surface area contributed by atoms with Crippen LogP contribution in [0.3, 0.4) is 0 Å². The molecule has 2 aromatic heterocycles. The molecule has 0 unspecified atom stereocenters. The summed E-state index contributed by atoms with van der Waals surface area (Å²) >= 11 is 36.3. The number of halogens is 6. The second kappa shape index (κ2) is 21.5. The minimum Gasteiger partial charge on any atom is -0.441 e. The number of carbonyl (C=O) groups is 2. The Hall–Kier alpha value is -3.32. The van der Waals surface area contributed by atoms with Gasteiger partial charge in [-0.3, -0.25) is 14.2 Å². The van der Waals surface area contributed by atoms with E-state index in [1.54, 1.807) is 49.2 Å². The molecule has 0 aliphatic rings. The number of aromatic nitrogens is 2. The number of methoxy groups -OCH3 is 2. The van der Waals surface area contributed by atoms with Crippen LogP contribution in [0, 0.1) is 0 Å². The molecule has 2 heterocycles. The van der Waals surface area contributed by atoms with Crippen LogP contribution < -0.4 is 0 Å². The molecular formula is C38H34Cl6N2O7. The van der Waals surface area contributed by atoms with Crippen molar-refractivity contribution >= 4 is 104 Å². The normalized spacial score (nSPS) is 10.8. The zero-order chi connectivity index (χ0) is 38.3. The summed E-state index contributed by atoms with van der Waals surface area (Å²) in [4.78, 5) is 25.3. The molecule has 0 saturated carbocycles. The van der Waals surface area contributed by atoms with Gasteiger partial charge in [-0.2, -0.15) is 0 Å². The number of nitrogens with zero attached hydrogens (tertiary/aromatic N) is 1. The van der Waals surface area contributed by atoms with Gasteiger partial charge in [0, 0.05) is 64.1 Å². The van der Waals surface area contributed by atoms with E-state index in [9.17, 15) is 9.59 Å². The van der Waals surface area contributed by atoms with Crippen molar-refractivity contribution in [1.29, 1.82) is 0 Å². The summed E-state index contributed by atoms with van der Waals surface area (Å²) in [6.07, 6.45) is 3.71. The Balaban J connectivity index is 0.000000201. The van der Waals surface area contributed by atoms with Gasteiger partial charge in [-0.25, -0.2) is 0 Å². The molecule has 0 amide bonds. The average molecular weight is 843 g/mol. The molecule has 1 N–H and O–H groups in total. The van der Waals surface area contributed by atoms with Crippen LogP contribution in [0.25, 0.3) is 44.1 Å². The predicted octanol–water partition coefficient (Wildman–Crippen LogP) is 11.1. The second-order valence-corrected chi connectivity index (χ2v) is 13.4. The van der Waals surface area contributed by atoms with Gasteiger partial charge in [-0.05, 0) is 71.8 Å². The van der Waals surface area contributed by atoms with E-state index < -0.39 is 0 Å². The molecule has 53 heavy (non-hydrogen) atoms. The van der Waals surface area contributed by atoms with Gasteiger partial charge < -0.3 is 28.7 Å². The second-order valence-electron chi connectivity index (χ2n) is 10.9. The highest BCUT2D eigenvalue weighted by Crippen LogP contribution is 2.36. The van der Waals surface area contributed by atoms with Crippen LogP contribution in [-0.2, 0) is 28.5 Å². The van der Waals surface area contributed by atoms with Gasteiger partial charge in [0.1, 0.15) is 6.61 Å². The molecule has 6 aromatic rings. The first kappa shape index (κ1) is 42.4. The minimum atomic E-state index is -0.181. The number of nitrogens with one attached hydrogen (secondary N) is 1. The van der Waals surface area contributed by atoms with E-state index in [-0.39, 0.29) is 19.3 Å². The van der Waals surface area contributed by atoms with Crippen LogP contribution in [0.4, 0.5) is 0 Å². The van der Waals surface area contributed by atoms with E-state index in [0.29, 0.717) is 63.0 Å². The molecule has 6 rings (SSSR count). The fourth-order valence-corrected chi connectivity index (χ4v) is 5.89. The van der Waals surface area contributed by atoms with Crippen molar-refractivity contribution in [3.63, 3.8) is 0 Å². The Morgan fingerprint density at radius 2 is 1.26 bits per heavy atom. The minimum absolute atomic E-state index is 0.00681. The van der Waals surface area contributed by atoms with Gasteiger partial charge >= 0.3 is 0 Å². The fraction of sp³-hybridized carbons (Fsp3) is 0.211. The zero-order valence-corrected chi connectivity index (χ0v) is 33.0. The molecular weight excluding hydrogens is 809 g/mol. The summed E-state index contributed by atoms with van der Waals surface area (Å²) in [5.74, 6) is -0.181. The Labute approximate surface area is 336 Å². The van der Waals surface area contributed by atoms with E-state index in [4.69, 9.17) is 83.8 Å². The van der Waals surface area contributed by atoms with E-state index in [2.05, 4.69) is 14.5 Å². The maximum Gasteiger partial charge on any atom is 0.295 e. The van der Waals surface area contributed by atoms with E-state index in [1.807, 2.05) is 54.7 Å². The van der Waals surface area contributed by atoms with Crippen LogP contribution in [0.2, 0.25) is 30.1 Å². The van der Waals surface area contributed by atoms with E-state index in [1.165, 1.54) is 0 Å². The zero-order valence-electron chi connectivity index (χ0n) is 28.5. The lowest BCUT2D eigenvalue weighted by Gasteiger charge is -2.05. The number of H-pyrrole nitrogens is 1. The molecule has 0 bridgehead atoms. The lowest BCUT2D eigenvalue weighted by atomic mass is 10.1. The first-order chi connectivity index (χ1) is 25.6. The number of carbonyl (C=O) groups excluding carboxylic acids is 2. The molecule has 0 radical (unpaired) electrons. The summed E-state index contributed by atoms with van der Waals surface area (Å²) in [6, 6.07) is 22.1. The first-order valence-electron chi connectivity index (χ1n) is 15.8. The van der Waals surface area contributed by atoms with Crippen LogP contribution in [0.5, 0.6) is 0 Å². The number of hydrogen-bond donors (Lipinski definition) is 1. The maximum atomic E-state index is 12.6. The largest absolute Gasteiger partial charge is 0.441 e. The van der Waals surface area contributed by atoms with Crippen LogP contribution in [0.1, 0.15) is 4.79 Å². The molecule has 0 aliphatic carbocycles. The predicted molar refractivity (Wildman–Crippen MR) is 214 cm³/mol. The summed E-state index contributed by atoms with van der Waals surface area (Å²) < 4.78 is 25.4. The van der Waals surface area contributed by atoms with Gasteiger partial charge in [0.2, 0.25) is 0 Å². The Kier molecular flexibility index (Phi) is 17.2. The van der Waals surface area contributed by atoms with Crippen molar-refractivity contribution in [2.75, 3.05) is 54.0 Å². The number of benzene rings is 4. The van der Waals surface area contributed by atoms with Crippen molar-refractivity contribution < 1.29 is 33.3 Å². The number of hydrogen-bond acceptors (Lipinski definition) is 7. The Morgan fingerprint density at radius 1 is 0.679 bits per heavy atom. The lowest BCUT2D eigenvalue weighted by molar-refractivity contribution is -0.141. The monoisotopic (exact) mass is 840 g/mol. The molecule has 0 saturated heterocycles. The molecule has 15 heteroatoms. The third-order valence-electron chi connectivity index (χ3n) is 7.45. The molecule has 0 fully saturated rings. The summed E-state index contributed by atoms with van der Waals surface area (Å²) in [5, 5.41) is 5.23. The highest BCUT2D eigenvalue weighted by molar-refractivity contribution is 6.42. The SMILES string of the molecule is COCCOCC(=O)n1cc(-c2ccc(Cl)c(Cl)c2)c2cc(Cl)ccc21.COCCOCOC=O.Clc1ccc2[nH]cc(-c3ccc(Cl)c(Cl)c3)c2c1. The fourth-order valence-electron chi connectivity index (χ4n) is 4.95. The third-order valence-corrected chi connectivity index (χ3v) is 9.40.